The van der Waals surface area contributed by atoms with E-state index in [2.05, 4.69) is 11.6 Å². The summed E-state index contributed by atoms with van der Waals surface area (Å²) in [5.41, 5.74) is 5.78. The van der Waals surface area contributed by atoms with E-state index < -0.39 is 10.0 Å². The van der Waals surface area contributed by atoms with Crippen molar-refractivity contribution in [1.29, 1.82) is 0 Å². The SMILES string of the molecule is CC1(CNS(=O)(=O)c2ccc(Cl)c(N)c2Cl)CCC1. The molecule has 0 saturated heterocycles. The minimum absolute atomic E-state index is 0.0287. The van der Waals surface area contributed by atoms with E-state index in [1.165, 1.54) is 12.1 Å². The highest BCUT2D eigenvalue weighted by molar-refractivity contribution is 7.89. The van der Waals surface area contributed by atoms with Crippen molar-refractivity contribution >= 4 is 38.9 Å². The van der Waals surface area contributed by atoms with Gasteiger partial charge in [-0.1, -0.05) is 36.5 Å². The lowest BCUT2D eigenvalue weighted by molar-refractivity contribution is 0.166. The van der Waals surface area contributed by atoms with E-state index in [0.717, 1.165) is 19.3 Å². The minimum Gasteiger partial charge on any atom is -0.396 e. The quantitative estimate of drug-likeness (QED) is 0.837. The average Bonchev–Trinajstić information content (AvgIpc) is 2.31. The second-order valence-electron chi connectivity index (χ2n) is 5.26. The third kappa shape index (κ3) is 2.99. The van der Waals surface area contributed by atoms with Crippen molar-refractivity contribution in [2.45, 2.75) is 31.1 Å². The fourth-order valence-corrected chi connectivity index (χ4v) is 4.02. The highest BCUT2D eigenvalue weighted by atomic mass is 35.5. The van der Waals surface area contributed by atoms with Gasteiger partial charge in [0.2, 0.25) is 10.0 Å². The lowest BCUT2D eigenvalue weighted by Crippen LogP contribution is -2.40. The molecule has 0 amide bonds. The molecule has 1 fully saturated rings. The number of rotatable bonds is 4. The maximum Gasteiger partial charge on any atom is 0.242 e. The van der Waals surface area contributed by atoms with E-state index in [1.807, 2.05) is 0 Å². The summed E-state index contributed by atoms with van der Waals surface area (Å²) in [5.74, 6) is 0. The molecule has 0 spiro atoms. The molecular formula is C12H16Cl2N2O2S. The zero-order chi connectivity index (χ0) is 14.3. The summed E-state index contributed by atoms with van der Waals surface area (Å²) < 4.78 is 27.0. The lowest BCUT2D eigenvalue weighted by atomic mass is 9.71. The molecule has 0 unspecified atom stereocenters. The van der Waals surface area contributed by atoms with Gasteiger partial charge in [-0.2, -0.15) is 0 Å². The molecule has 19 heavy (non-hydrogen) atoms. The van der Waals surface area contributed by atoms with Crippen LogP contribution in [0.3, 0.4) is 0 Å². The highest BCUT2D eigenvalue weighted by Gasteiger charge is 2.33. The minimum atomic E-state index is -3.66. The first-order valence-corrected chi connectivity index (χ1v) is 8.22. The first-order valence-electron chi connectivity index (χ1n) is 5.98. The van der Waals surface area contributed by atoms with E-state index >= 15 is 0 Å². The smallest absolute Gasteiger partial charge is 0.242 e. The predicted octanol–water partition coefficient (Wildman–Crippen LogP) is 3.04. The zero-order valence-electron chi connectivity index (χ0n) is 10.5. The second kappa shape index (κ2) is 5.13. The number of benzene rings is 1. The van der Waals surface area contributed by atoms with Crippen LogP contribution in [0.5, 0.6) is 0 Å². The van der Waals surface area contributed by atoms with Gasteiger partial charge in [-0.25, -0.2) is 13.1 Å². The van der Waals surface area contributed by atoms with Crippen LogP contribution in [0.1, 0.15) is 26.2 Å². The van der Waals surface area contributed by atoms with Gasteiger partial charge >= 0.3 is 0 Å². The lowest BCUT2D eigenvalue weighted by Gasteiger charge is -2.38. The maximum absolute atomic E-state index is 12.2. The van der Waals surface area contributed by atoms with Crippen molar-refractivity contribution in [1.82, 2.24) is 4.72 Å². The number of anilines is 1. The van der Waals surface area contributed by atoms with Crippen LogP contribution in [0.15, 0.2) is 17.0 Å². The summed E-state index contributed by atoms with van der Waals surface area (Å²) >= 11 is 11.7. The van der Waals surface area contributed by atoms with Gasteiger partial charge in [0.25, 0.3) is 0 Å². The Morgan fingerprint density at radius 3 is 2.53 bits per heavy atom. The molecule has 4 nitrogen and oxygen atoms in total. The average molecular weight is 323 g/mol. The Bertz CT molecular complexity index is 598. The third-order valence-corrected chi connectivity index (χ3v) is 5.92. The number of halogens is 2. The number of hydrogen-bond acceptors (Lipinski definition) is 3. The van der Waals surface area contributed by atoms with Gasteiger partial charge in [0.15, 0.2) is 0 Å². The van der Waals surface area contributed by atoms with E-state index in [0.29, 0.717) is 6.54 Å². The van der Waals surface area contributed by atoms with Crippen LogP contribution in [0.2, 0.25) is 10.0 Å². The number of nitrogens with one attached hydrogen (secondary N) is 1. The molecule has 2 rings (SSSR count). The molecule has 1 aromatic rings. The number of sulfonamides is 1. The molecule has 1 aromatic carbocycles. The van der Waals surface area contributed by atoms with Crippen LogP contribution in [0.25, 0.3) is 0 Å². The second-order valence-corrected chi connectivity index (χ2v) is 7.78. The van der Waals surface area contributed by atoms with Gasteiger partial charge in [-0.3, -0.25) is 0 Å². The standard InChI is InChI=1S/C12H16Cl2N2O2S/c1-12(5-2-6-12)7-16-19(17,18)9-4-3-8(13)11(15)10(9)14/h3-4,16H,2,5-7,15H2,1H3. The Balaban J connectivity index is 2.22. The molecule has 1 aliphatic rings. The largest absolute Gasteiger partial charge is 0.396 e. The highest BCUT2D eigenvalue weighted by Crippen LogP contribution is 2.40. The van der Waals surface area contributed by atoms with Crippen LogP contribution in [-0.2, 0) is 10.0 Å². The van der Waals surface area contributed by atoms with Crippen molar-refractivity contribution < 1.29 is 8.42 Å². The fraction of sp³-hybridized carbons (Fsp3) is 0.500. The maximum atomic E-state index is 12.2. The Morgan fingerprint density at radius 1 is 1.37 bits per heavy atom. The summed E-state index contributed by atoms with van der Waals surface area (Å²) in [6.07, 6.45) is 3.21. The molecule has 0 radical (unpaired) electrons. The fourth-order valence-electron chi connectivity index (χ4n) is 2.06. The first-order chi connectivity index (χ1) is 8.75. The van der Waals surface area contributed by atoms with Crippen molar-refractivity contribution in [2.75, 3.05) is 12.3 Å². The summed E-state index contributed by atoms with van der Waals surface area (Å²) in [5, 5.41) is 0.216. The van der Waals surface area contributed by atoms with Gasteiger partial charge in [0.1, 0.15) is 4.90 Å². The molecule has 106 valence electrons. The van der Waals surface area contributed by atoms with Crippen molar-refractivity contribution in [2.24, 2.45) is 5.41 Å². The normalized spacial score (nSPS) is 18.1. The third-order valence-electron chi connectivity index (χ3n) is 3.63. The summed E-state index contributed by atoms with van der Waals surface area (Å²) in [4.78, 5) is -0.0287. The van der Waals surface area contributed by atoms with Crippen molar-refractivity contribution in [3.8, 4) is 0 Å². The van der Waals surface area contributed by atoms with Crippen molar-refractivity contribution in [3.05, 3.63) is 22.2 Å². The molecule has 0 atom stereocenters. The van der Waals surface area contributed by atoms with E-state index in [9.17, 15) is 8.42 Å². The number of nitrogens with two attached hydrogens (primary N) is 1. The van der Waals surface area contributed by atoms with Gasteiger partial charge in [0.05, 0.1) is 15.7 Å². The monoisotopic (exact) mass is 322 g/mol. The van der Waals surface area contributed by atoms with Gasteiger partial charge in [-0.05, 0) is 30.4 Å². The van der Waals surface area contributed by atoms with Gasteiger partial charge in [0, 0.05) is 6.54 Å². The molecule has 0 heterocycles. The Labute approximate surface area is 123 Å². The first kappa shape index (κ1) is 14.9. The van der Waals surface area contributed by atoms with E-state index in [1.54, 1.807) is 0 Å². The van der Waals surface area contributed by atoms with Crippen LogP contribution in [0, 0.1) is 5.41 Å². The predicted molar refractivity (Wildman–Crippen MR) is 78.0 cm³/mol. The molecule has 1 saturated carbocycles. The molecular weight excluding hydrogens is 307 g/mol. The van der Waals surface area contributed by atoms with Crippen LogP contribution < -0.4 is 10.5 Å². The topological polar surface area (TPSA) is 72.2 Å². The molecule has 0 aromatic heterocycles. The molecule has 0 bridgehead atoms. The van der Waals surface area contributed by atoms with Crippen LogP contribution >= 0.6 is 23.2 Å². The molecule has 3 N–H and O–H groups in total. The zero-order valence-corrected chi connectivity index (χ0v) is 12.9. The van der Waals surface area contributed by atoms with E-state index in [4.69, 9.17) is 28.9 Å². The van der Waals surface area contributed by atoms with Crippen molar-refractivity contribution in [3.63, 3.8) is 0 Å². The number of hydrogen-bond donors (Lipinski definition) is 2. The Hall–Kier alpha value is -0.490. The Morgan fingerprint density at radius 2 is 2.00 bits per heavy atom. The van der Waals surface area contributed by atoms with Crippen LogP contribution in [0.4, 0.5) is 5.69 Å². The summed E-state index contributed by atoms with van der Waals surface area (Å²) in [6.45, 7) is 2.48. The Kier molecular flexibility index (Phi) is 4.02. The number of nitrogen functional groups attached to an aromatic ring is 1. The van der Waals surface area contributed by atoms with Gasteiger partial charge < -0.3 is 5.73 Å². The van der Waals surface area contributed by atoms with Crippen LogP contribution in [-0.4, -0.2) is 15.0 Å². The van der Waals surface area contributed by atoms with E-state index in [-0.39, 0.29) is 26.0 Å². The summed E-state index contributed by atoms with van der Waals surface area (Å²) in [6, 6.07) is 2.80. The molecule has 7 heteroatoms. The summed E-state index contributed by atoms with van der Waals surface area (Å²) in [7, 11) is -3.66. The van der Waals surface area contributed by atoms with Gasteiger partial charge in [-0.15, -0.1) is 0 Å². The molecule has 0 aliphatic heterocycles. The molecule has 1 aliphatic carbocycles.